The second-order valence-electron chi connectivity index (χ2n) is 6.47. The third-order valence-corrected chi connectivity index (χ3v) is 6.82. The van der Waals surface area contributed by atoms with E-state index in [2.05, 4.69) is 20.3 Å². The lowest BCUT2D eigenvalue weighted by Gasteiger charge is -2.24. The highest BCUT2D eigenvalue weighted by atomic mass is 127. The zero-order valence-electron chi connectivity index (χ0n) is 15.5. The number of ether oxygens (including phenoxy) is 1. The van der Waals surface area contributed by atoms with Gasteiger partial charge >= 0.3 is 0 Å². The van der Waals surface area contributed by atoms with Crippen molar-refractivity contribution in [2.75, 3.05) is 43.5 Å². The number of thioether (sulfide) groups is 1. The molecule has 0 aliphatic carbocycles. The van der Waals surface area contributed by atoms with E-state index in [0.717, 1.165) is 44.6 Å². The maximum atomic E-state index is 12.1. The zero-order valence-corrected chi connectivity index (χ0v) is 19.5. The van der Waals surface area contributed by atoms with E-state index in [-0.39, 0.29) is 42.4 Å². The van der Waals surface area contributed by atoms with E-state index in [1.165, 1.54) is 12.2 Å². The quantitative estimate of drug-likeness (QED) is 0.256. The van der Waals surface area contributed by atoms with Crippen LogP contribution < -0.4 is 15.4 Å². The minimum atomic E-state index is -3.32. The predicted molar refractivity (Wildman–Crippen MR) is 120 cm³/mol. The molecule has 2 atom stereocenters. The average Bonchev–Trinajstić information content (AvgIpc) is 2.62. The van der Waals surface area contributed by atoms with Crippen LogP contribution in [0.2, 0.25) is 0 Å². The van der Waals surface area contributed by atoms with Crippen LogP contribution in [0.5, 0.6) is 0 Å². The first-order chi connectivity index (χ1) is 12.1. The van der Waals surface area contributed by atoms with Crippen LogP contribution in [0.3, 0.4) is 0 Å². The van der Waals surface area contributed by atoms with Gasteiger partial charge in [0.1, 0.15) is 0 Å². The number of aliphatic imine (C=N–C) groups is 1. The van der Waals surface area contributed by atoms with E-state index in [9.17, 15) is 8.42 Å². The lowest BCUT2D eigenvalue weighted by atomic mass is 10.1. The van der Waals surface area contributed by atoms with Gasteiger partial charge in [-0.25, -0.2) is 13.1 Å². The largest absolute Gasteiger partial charge is 0.377 e. The average molecular weight is 521 g/mol. The second-order valence-corrected chi connectivity index (χ2v) is 9.55. The molecule has 0 aromatic carbocycles. The maximum Gasteiger partial charge on any atom is 0.213 e. The molecular formula is C16H33IN4O3S2. The summed E-state index contributed by atoms with van der Waals surface area (Å²) in [5.41, 5.74) is 0. The summed E-state index contributed by atoms with van der Waals surface area (Å²) in [6.45, 7) is 4.11. The van der Waals surface area contributed by atoms with Crippen LogP contribution in [-0.4, -0.2) is 70.0 Å². The molecule has 0 amide bonds. The molecule has 0 spiro atoms. The highest BCUT2D eigenvalue weighted by Gasteiger charge is 2.18. The number of nitrogens with one attached hydrogen (secondary N) is 3. The van der Waals surface area contributed by atoms with Gasteiger partial charge in [-0.05, 0) is 44.8 Å². The Morgan fingerprint density at radius 3 is 2.77 bits per heavy atom. The highest BCUT2D eigenvalue weighted by Crippen LogP contribution is 2.16. The predicted octanol–water partition coefficient (Wildman–Crippen LogP) is 1.54. The number of hydrogen-bond donors (Lipinski definition) is 3. The van der Waals surface area contributed by atoms with Crippen LogP contribution in [0.1, 0.15) is 39.0 Å². The Hall–Kier alpha value is 0.220. The van der Waals surface area contributed by atoms with Crippen molar-refractivity contribution in [2.24, 2.45) is 4.99 Å². The van der Waals surface area contributed by atoms with E-state index >= 15 is 0 Å². The molecule has 2 rings (SSSR count). The molecular weight excluding hydrogens is 487 g/mol. The summed E-state index contributed by atoms with van der Waals surface area (Å²) in [5, 5.41) is 6.60. The molecule has 0 aromatic rings. The fourth-order valence-corrected chi connectivity index (χ4v) is 4.89. The van der Waals surface area contributed by atoms with Crippen LogP contribution in [-0.2, 0) is 14.8 Å². The Balaban J connectivity index is 0.00000338. The van der Waals surface area contributed by atoms with Crippen molar-refractivity contribution in [3.05, 3.63) is 0 Å². The van der Waals surface area contributed by atoms with Crippen molar-refractivity contribution in [3.8, 4) is 0 Å². The van der Waals surface area contributed by atoms with Crippen molar-refractivity contribution in [3.63, 3.8) is 0 Å². The number of hydrogen-bond acceptors (Lipinski definition) is 5. The number of rotatable bonds is 8. The van der Waals surface area contributed by atoms with Gasteiger partial charge in [-0.2, -0.15) is 11.8 Å². The number of nitrogens with zero attached hydrogens (tertiary/aromatic N) is 1. The van der Waals surface area contributed by atoms with Gasteiger partial charge in [-0.1, -0.05) is 0 Å². The van der Waals surface area contributed by atoms with Gasteiger partial charge in [0.15, 0.2) is 5.96 Å². The molecule has 2 heterocycles. The van der Waals surface area contributed by atoms with Crippen molar-refractivity contribution >= 4 is 51.7 Å². The molecule has 10 heteroatoms. The third kappa shape index (κ3) is 9.95. The topological polar surface area (TPSA) is 91.8 Å². The Morgan fingerprint density at radius 2 is 2.12 bits per heavy atom. The molecule has 0 aromatic heterocycles. The summed E-state index contributed by atoms with van der Waals surface area (Å²) < 4.78 is 32.5. The molecule has 2 fully saturated rings. The molecule has 3 N–H and O–H groups in total. The van der Waals surface area contributed by atoms with Crippen LogP contribution in [0.25, 0.3) is 0 Å². The number of sulfonamides is 1. The molecule has 0 bridgehead atoms. The van der Waals surface area contributed by atoms with Crippen LogP contribution in [0.4, 0.5) is 0 Å². The van der Waals surface area contributed by atoms with E-state index in [1.807, 2.05) is 18.7 Å². The fourth-order valence-electron chi connectivity index (χ4n) is 2.91. The summed E-state index contributed by atoms with van der Waals surface area (Å²) in [5.74, 6) is 3.00. The van der Waals surface area contributed by atoms with E-state index in [0.29, 0.717) is 18.5 Å². The van der Waals surface area contributed by atoms with Crippen LogP contribution >= 0.6 is 35.7 Å². The number of guanidine groups is 1. The first kappa shape index (κ1) is 24.3. The van der Waals surface area contributed by atoms with Crippen LogP contribution in [0.15, 0.2) is 4.99 Å². The van der Waals surface area contributed by atoms with Crippen molar-refractivity contribution in [1.29, 1.82) is 0 Å². The molecule has 26 heavy (non-hydrogen) atoms. The van der Waals surface area contributed by atoms with Crippen LogP contribution in [0, 0.1) is 0 Å². The third-order valence-electron chi connectivity index (χ3n) is 4.28. The molecule has 0 radical (unpaired) electrons. The first-order valence-electron chi connectivity index (χ1n) is 9.30. The van der Waals surface area contributed by atoms with Gasteiger partial charge in [-0.3, -0.25) is 4.99 Å². The molecule has 2 aliphatic heterocycles. The Morgan fingerprint density at radius 1 is 1.27 bits per heavy atom. The van der Waals surface area contributed by atoms with Crippen molar-refractivity contribution in [2.45, 2.75) is 51.2 Å². The summed E-state index contributed by atoms with van der Waals surface area (Å²) in [7, 11) is -3.32. The zero-order chi connectivity index (χ0) is 18.0. The summed E-state index contributed by atoms with van der Waals surface area (Å²) >= 11 is 1.95. The second kappa shape index (κ2) is 13.4. The Bertz CT molecular complexity index is 508. The Kier molecular flexibility index (Phi) is 12.5. The van der Waals surface area contributed by atoms with Crippen molar-refractivity contribution in [1.82, 2.24) is 15.4 Å². The molecule has 7 nitrogen and oxygen atoms in total. The lowest BCUT2D eigenvalue weighted by Crippen LogP contribution is -2.45. The van der Waals surface area contributed by atoms with E-state index in [1.54, 1.807) is 0 Å². The minimum absolute atomic E-state index is 0. The minimum Gasteiger partial charge on any atom is -0.377 e. The molecule has 154 valence electrons. The van der Waals surface area contributed by atoms with Gasteiger partial charge in [0.25, 0.3) is 0 Å². The van der Waals surface area contributed by atoms with Gasteiger partial charge in [0.05, 0.1) is 18.4 Å². The molecule has 2 unspecified atom stereocenters. The molecule has 0 saturated carbocycles. The first-order valence-corrected chi connectivity index (χ1v) is 12.1. The van der Waals surface area contributed by atoms with Gasteiger partial charge < -0.3 is 15.4 Å². The fraction of sp³-hybridized carbons (Fsp3) is 0.938. The summed E-state index contributed by atoms with van der Waals surface area (Å²) in [6.07, 6.45) is 5.46. The maximum absolute atomic E-state index is 12.1. The standard InChI is InChI=1S/C16H32N4O3S2.HI/c1-2-17-16(20-14-6-5-10-24-13-14)18-8-11-25(21,22)19-12-15-7-3-4-9-23-15;/h14-15,19H,2-13H2,1H3,(H2,17,18,20);1H. The lowest BCUT2D eigenvalue weighted by molar-refractivity contribution is 0.0200. The van der Waals surface area contributed by atoms with Crippen molar-refractivity contribution < 1.29 is 13.2 Å². The monoisotopic (exact) mass is 520 g/mol. The Labute approximate surface area is 179 Å². The molecule has 2 aliphatic rings. The molecule has 2 saturated heterocycles. The van der Waals surface area contributed by atoms with E-state index in [4.69, 9.17) is 4.74 Å². The summed E-state index contributed by atoms with van der Waals surface area (Å²) in [6, 6.07) is 0.412. The van der Waals surface area contributed by atoms with Gasteiger partial charge in [0.2, 0.25) is 10.0 Å². The normalized spacial score (nSPS) is 24.6. The van der Waals surface area contributed by atoms with E-state index < -0.39 is 10.0 Å². The highest BCUT2D eigenvalue weighted by molar-refractivity contribution is 14.0. The van der Waals surface area contributed by atoms with Gasteiger partial charge in [-0.15, -0.1) is 24.0 Å². The summed E-state index contributed by atoms with van der Waals surface area (Å²) in [4.78, 5) is 4.42. The smallest absolute Gasteiger partial charge is 0.213 e. The number of halogens is 1. The SMILES string of the molecule is CCNC(=NCCS(=O)(=O)NCC1CCCCO1)NC1CCCSC1.I. The van der Waals surface area contributed by atoms with Gasteiger partial charge in [0, 0.05) is 31.5 Å².